The Morgan fingerprint density at radius 3 is 2.73 bits per heavy atom. The van der Waals surface area contributed by atoms with Crippen LogP contribution in [0.25, 0.3) is 0 Å². The lowest BCUT2D eigenvalue weighted by Crippen LogP contribution is -2.12. The molecular weight excluding hydrogens is 190 g/mol. The molecule has 2 aromatic rings. The number of rotatable bonds is 4. The maximum atomic E-state index is 5.90. The van der Waals surface area contributed by atoms with Crippen LogP contribution in [-0.4, -0.2) is 10.1 Å². The highest BCUT2D eigenvalue weighted by Gasteiger charge is 2.10. The summed E-state index contributed by atoms with van der Waals surface area (Å²) in [5, 5.41) is 3.72. The van der Waals surface area contributed by atoms with Gasteiger partial charge in [-0.2, -0.15) is 4.98 Å². The summed E-state index contributed by atoms with van der Waals surface area (Å²) in [6.45, 7) is 0. The molecule has 0 saturated carbocycles. The van der Waals surface area contributed by atoms with Crippen molar-refractivity contribution in [1.82, 2.24) is 10.1 Å². The van der Waals surface area contributed by atoms with E-state index < -0.39 is 0 Å². The summed E-state index contributed by atoms with van der Waals surface area (Å²) in [6.07, 6.45) is 3.05. The Morgan fingerprint density at radius 1 is 1.27 bits per heavy atom. The highest BCUT2D eigenvalue weighted by molar-refractivity contribution is 5.15. The van der Waals surface area contributed by atoms with Crippen molar-refractivity contribution in [3.63, 3.8) is 0 Å². The van der Waals surface area contributed by atoms with Crippen LogP contribution in [-0.2, 0) is 6.42 Å². The summed E-state index contributed by atoms with van der Waals surface area (Å²) in [4.78, 5) is 3.93. The van der Waals surface area contributed by atoms with Crippen molar-refractivity contribution in [2.75, 3.05) is 0 Å². The molecule has 1 aromatic carbocycles. The van der Waals surface area contributed by atoms with Crippen molar-refractivity contribution in [2.45, 2.75) is 18.9 Å². The van der Waals surface area contributed by atoms with Crippen LogP contribution < -0.4 is 5.73 Å². The topological polar surface area (TPSA) is 64.9 Å². The Balaban J connectivity index is 1.89. The van der Waals surface area contributed by atoms with Gasteiger partial charge in [0, 0.05) is 0 Å². The van der Waals surface area contributed by atoms with E-state index in [0.29, 0.717) is 5.82 Å². The third-order valence-corrected chi connectivity index (χ3v) is 2.30. The number of nitrogens with zero attached hydrogens (tertiary/aromatic N) is 2. The molecule has 0 saturated heterocycles. The third-order valence-electron chi connectivity index (χ3n) is 2.30. The van der Waals surface area contributed by atoms with Crippen LogP contribution in [0.15, 0.2) is 41.2 Å². The molecule has 0 bridgehead atoms. The standard InChI is InChI=1S/C11H13N3O/c12-10(11-13-8-15-14-11)7-6-9-4-2-1-3-5-9/h1-5,8,10H,6-7,12H2. The van der Waals surface area contributed by atoms with Crippen molar-refractivity contribution in [1.29, 1.82) is 0 Å². The maximum absolute atomic E-state index is 5.90. The summed E-state index contributed by atoms with van der Waals surface area (Å²) in [5.41, 5.74) is 7.18. The molecule has 0 fully saturated rings. The van der Waals surface area contributed by atoms with Crippen molar-refractivity contribution in [3.8, 4) is 0 Å². The lowest BCUT2D eigenvalue weighted by molar-refractivity contribution is 0.402. The molecule has 0 aliphatic heterocycles. The van der Waals surface area contributed by atoms with Gasteiger partial charge in [-0.1, -0.05) is 35.5 Å². The van der Waals surface area contributed by atoms with E-state index in [4.69, 9.17) is 5.73 Å². The minimum absolute atomic E-state index is 0.149. The zero-order chi connectivity index (χ0) is 10.5. The number of nitrogens with two attached hydrogens (primary N) is 1. The SMILES string of the molecule is NC(CCc1ccccc1)c1ncon1. The molecular formula is C11H13N3O. The van der Waals surface area contributed by atoms with Crippen LogP contribution in [0.1, 0.15) is 23.9 Å². The van der Waals surface area contributed by atoms with Crippen LogP contribution >= 0.6 is 0 Å². The zero-order valence-electron chi connectivity index (χ0n) is 8.34. The molecule has 0 aliphatic rings. The van der Waals surface area contributed by atoms with Gasteiger partial charge < -0.3 is 10.3 Å². The molecule has 4 nitrogen and oxygen atoms in total. The smallest absolute Gasteiger partial charge is 0.213 e. The molecule has 4 heteroatoms. The summed E-state index contributed by atoms with van der Waals surface area (Å²) < 4.78 is 4.65. The summed E-state index contributed by atoms with van der Waals surface area (Å²) in [6, 6.07) is 10.1. The Labute approximate surface area is 88.1 Å². The zero-order valence-corrected chi connectivity index (χ0v) is 8.34. The van der Waals surface area contributed by atoms with Gasteiger partial charge in [0.05, 0.1) is 6.04 Å². The normalized spacial score (nSPS) is 12.6. The monoisotopic (exact) mass is 203 g/mol. The lowest BCUT2D eigenvalue weighted by Gasteiger charge is -2.06. The molecule has 0 radical (unpaired) electrons. The first-order valence-corrected chi connectivity index (χ1v) is 4.92. The van der Waals surface area contributed by atoms with Gasteiger partial charge in [-0.3, -0.25) is 0 Å². The quantitative estimate of drug-likeness (QED) is 0.821. The molecule has 78 valence electrons. The molecule has 1 aromatic heterocycles. The van der Waals surface area contributed by atoms with E-state index in [0.717, 1.165) is 12.8 Å². The average molecular weight is 203 g/mol. The highest BCUT2D eigenvalue weighted by Crippen LogP contribution is 2.12. The number of aromatic nitrogens is 2. The van der Waals surface area contributed by atoms with Gasteiger partial charge in [-0.05, 0) is 18.4 Å². The Kier molecular flexibility index (Phi) is 3.09. The molecule has 1 atom stereocenters. The van der Waals surface area contributed by atoms with Gasteiger partial charge in [0.2, 0.25) is 6.39 Å². The second kappa shape index (κ2) is 4.70. The fourth-order valence-corrected chi connectivity index (χ4v) is 1.44. The first-order valence-electron chi connectivity index (χ1n) is 4.92. The van der Waals surface area contributed by atoms with Gasteiger partial charge in [0.25, 0.3) is 0 Å². The van der Waals surface area contributed by atoms with Crippen LogP contribution in [0.5, 0.6) is 0 Å². The molecule has 2 N–H and O–H groups in total. The maximum Gasteiger partial charge on any atom is 0.213 e. The largest absolute Gasteiger partial charge is 0.343 e. The minimum Gasteiger partial charge on any atom is -0.343 e. The third kappa shape index (κ3) is 2.63. The van der Waals surface area contributed by atoms with Crippen molar-refractivity contribution >= 4 is 0 Å². The summed E-state index contributed by atoms with van der Waals surface area (Å²) >= 11 is 0. The van der Waals surface area contributed by atoms with E-state index in [1.54, 1.807) is 0 Å². The van der Waals surface area contributed by atoms with E-state index in [-0.39, 0.29) is 6.04 Å². The van der Waals surface area contributed by atoms with Gasteiger partial charge in [0.15, 0.2) is 5.82 Å². The molecule has 2 rings (SSSR count). The molecule has 15 heavy (non-hydrogen) atoms. The van der Waals surface area contributed by atoms with Gasteiger partial charge in [0.1, 0.15) is 0 Å². The van der Waals surface area contributed by atoms with Crippen molar-refractivity contribution in [3.05, 3.63) is 48.1 Å². The molecule has 0 amide bonds. The minimum atomic E-state index is -0.149. The van der Waals surface area contributed by atoms with Gasteiger partial charge >= 0.3 is 0 Å². The molecule has 1 heterocycles. The number of hydrogen-bond donors (Lipinski definition) is 1. The van der Waals surface area contributed by atoms with Gasteiger partial charge in [-0.25, -0.2) is 0 Å². The first-order chi connectivity index (χ1) is 7.36. The highest BCUT2D eigenvalue weighted by atomic mass is 16.5. The van der Waals surface area contributed by atoms with Crippen LogP contribution in [0.2, 0.25) is 0 Å². The molecule has 0 aliphatic carbocycles. The first kappa shape index (κ1) is 9.86. The fourth-order valence-electron chi connectivity index (χ4n) is 1.44. The lowest BCUT2D eigenvalue weighted by atomic mass is 10.1. The van der Waals surface area contributed by atoms with E-state index in [1.807, 2.05) is 18.2 Å². The second-order valence-corrected chi connectivity index (χ2v) is 3.42. The number of benzene rings is 1. The summed E-state index contributed by atoms with van der Waals surface area (Å²) in [5.74, 6) is 0.575. The number of aryl methyl sites for hydroxylation is 1. The Bertz CT molecular complexity index is 385. The van der Waals surface area contributed by atoms with Crippen molar-refractivity contribution in [2.24, 2.45) is 5.73 Å². The van der Waals surface area contributed by atoms with Crippen LogP contribution in [0, 0.1) is 0 Å². The van der Waals surface area contributed by atoms with E-state index in [2.05, 4.69) is 26.8 Å². The van der Waals surface area contributed by atoms with Gasteiger partial charge in [-0.15, -0.1) is 0 Å². The predicted molar refractivity (Wildman–Crippen MR) is 56.0 cm³/mol. The van der Waals surface area contributed by atoms with Crippen molar-refractivity contribution < 1.29 is 4.52 Å². The number of hydrogen-bond acceptors (Lipinski definition) is 4. The predicted octanol–water partition coefficient (Wildman–Crippen LogP) is 1.70. The van der Waals surface area contributed by atoms with E-state index in [9.17, 15) is 0 Å². The second-order valence-electron chi connectivity index (χ2n) is 3.42. The van der Waals surface area contributed by atoms with Crippen LogP contribution in [0.3, 0.4) is 0 Å². The van der Waals surface area contributed by atoms with E-state index >= 15 is 0 Å². The Hall–Kier alpha value is -1.68. The molecule has 0 spiro atoms. The van der Waals surface area contributed by atoms with E-state index in [1.165, 1.54) is 12.0 Å². The Morgan fingerprint density at radius 2 is 2.07 bits per heavy atom. The summed E-state index contributed by atoms with van der Waals surface area (Å²) in [7, 11) is 0. The molecule has 1 unspecified atom stereocenters. The average Bonchev–Trinajstić information content (AvgIpc) is 2.81. The fraction of sp³-hybridized carbons (Fsp3) is 0.273. The van der Waals surface area contributed by atoms with Crippen LogP contribution in [0.4, 0.5) is 0 Å².